The van der Waals surface area contributed by atoms with E-state index in [1.165, 1.54) is 7.11 Å². The van der Waals surface area contributed by atoms with Crippen molar-refractivity contribution in [3.63, 3.8) is 0 Å². The summed E-state index contributed by atoms with van der Waals surface area (Å²) in [6, 6.07) is 15.6. The summed E-state index contributed by atoms with van der Waals surface area (Å²) in [6.07, 6.45) is 0. The lowest BCUT2D eigenvalue weighted by Gasteiger charge is -2.09. The lowest BCUT2D eigenvalue weighted by Crippen LogP contribution is -2.12. The van der Waals surface area contributed by atoms with Crippen molar-refractivity contribution in [2.24, 2.45) is 0 Å². The molecular formula is C18H12ClN3O3S. The van der Waals surface area contributed by atoms with Crippen molar-refractivity contribution in [1.82, 2.24) is 4.37 Å². The average Bonchev–Trinajstić information content (AvgIpc) is 3.02. The summed E-state index contributed by atoms with van der Waals surface area (Å²) in [5, 5.41) is 12.3. The van der Waals surface area contributed by atoms with Gasteiger partial charge in [0.15, 0.2) is 5.15 Å². The molecule has 26 heavy (non-hydrogen) atoms. The Bertz CT molecular complexity index is 980. The fraction of sp³-hybridized carbons (Fsp3) is 0.0556. The van der Waals surface area contributed by atoms with Crippen LogP contribution in [0.15, 0.2) is 48.5 Å². The third-order valence-electron chi connectivity index (χ3n) is 3.41. The molecule has 0 unspecified atom stereocenters. The molecule has 0 saturated heterocycles. The summed E-state index contributed by atoms with van der Waals surface area (Å²) in [7, 11) is 1.51. The third kappa shape index (κ3) is 3.77. The van der Waals surface area contributed by atoms with Crippen LogP contribution in [0.5, 0.6) is 16.6 Å². The highest BCUT2D eigenvalue weighted by Gasteiger charge is 2.14. The number of carbonyl (C=O) groups is 1. The van der Waals surface area contributed by atoms with Crippen molar-refractivity contribution in [2.45, 2.75) is 0 Å². The largest absolute Gasteiger partial charge is 0.496 e. The Kier molecular flexibility index (Phi) is 5.37. The summed E-state index contributed by atoms with van der Waals surface area (Å²) in [5.41, 5.74) is 1.23. The first-order chi connectivity index (χ1) is 12.6. The number of para-hydroxylation sites is 1. The molecule has 1 aromatic heterocycles. The molecule has 8 heteroatoms. The molecule has 2 aromatic carbocycles. The number of nitriles is 1. The van der Waals surface area contributed by atoms with Gasteiger partial charge in [0.2, 0.25) is 5.06 Å². The van der Waals surface area contributed by atoms with E-state index in [9.17, 15) is 4.79 Å². The second kappa shape index (κ2) is 7.87. The summed E-state index contributed by atoms with van der Waals surface area (Å²) < 4.78 is 14.7. The van der Waals surface area contributed by atoms with E-state index in [4.69, 9.17) is 26.3 Å². The Hall–Kier alpha value is -3.08. The normalized spacial score (nSPS) is 10.0. The summed E-state index contributed by atoms with van der Waals surface area (Å²) in [6.45, 7) is 0. The summed E-state index contributed by atoms with van der Waals surface area (Å²) in [4.78, 5) is 12.4. The molecule has 3 aromatic rings. The van der Waals surface area contributed by atoms with Crippen LogP contribution < -0.4 is 14.8 Å². The van der Waals surface area contributed by atoms with Gasteiger partial charge in [-0.25, -0.2) is 0 Å². The van der Waals surface area contributed by atoms with Gasteiger partial charge in [0.25, 0.3) is 5.91 Å². The average molecular weight is 386 g/mol. The van der Waals surface area contributed by atoms with E-state index < -0.39 is 0 Å². The molecule has 0 atom stereocenters. The van der Waals surface area contributed by atoms with Crippen molar-refractivity contribution in [1.29, 1.82) is 5.26 Å². The molecule has 0 spiro atoms. The van der Waals surface area contributed by atoms with Crippen LogP contribution in [0.2, 0.25) is 5.15 Å². The molecular weight excluding hydrogens is 374 g/mol. The smallest absolute Gasteiger partial charge is 0.259 e. The van der Waals surface area contributed by atoms with Crippen LogP contribution in [0, 0.1) is 11.3 Å². The number of nitrogens with one attached hydrogen (secondary N) is 1. The second-order valence-corrected chi connectivity index (χ2v) is 6.12. The lowest BCUT2D eigenvalue weighted by atomic mass is 10.2. The van der Waals surface area contributed by atoms with Gasteiger partial charge >= 0.3 is 0 Å². The summed E-state index contributed by atoms with van der Waals surface area (Å²) in [5.74, 6) is 0.713. The first-order valence-corrected chi connectivity index (χ1v) is 8.55. The number of rotatable bonds is 5. The van der Waals surface area contributed by atoms with Crippen LogP contribution in [0.4, 0.5) is 5.69 Å². The fourth-order valence-corrected chi connectivity index (χ4v) is 3.07. The van der Waals surface area contributed by atoms with Crippen LogP contribution in [-0.4, -0.2) is 17.4 Å². The molecule has 0 fully saturated rings. The van der Waals surface area contributed by atoms with Gasteiger partial charge in [-0.3, -0.25) is 4.79 Å². The van der Waals surface area contributed by atoms with Crippen LogP contribution in [0.3, 0.4) is 0 Å². The predicted molar refractivity (Wildman–Crippen MR) is 99.3 cm³/mol. The molecule has 1 heterocycles. The molecule has 1 amide bonds. The number of benzene rings is 2. The zero-order valence-corrected chi connectivity index (χ0v) is 15.1. The fourth-order valence-electron chi connectivity index (χ4n) is 2.16. The Morgan fingerprint density at radius 2 is 1.96 bits per heavy atom. The maximum atomic E-state index is 12.4. The number of hydrogen-bond donors (Lipinski definition) is 1. The predicted octanol–water partition coefficient (Wildman–Crippen LogP) is 4.72. The minimum absolute atomic E-state index is 0.119. The van der Waals surface area contributed by atoms with Gasteiger partial charge in [-0.15, -0.1) is 0 Å². The maximum absolute atomic E-state index is 12.4. The zero-order chi connectivity index (χ0) is 18.5. The highest BCUT2D eigenvalue weighted by atomic mass is 35.5. The number of aromatic nitrogens is 1. The van der Waals surface area contributed by atoms with Gasteiger partial charge in [-0.2, -0.15) is 9.64 Å². The van der Waals surface area contributed by atoms with Crippen molar-refractivity contribution in [3.8, 4) is 22.6 Å². The van der Waals surface area contributed by atoms with E-state index in [-0.39, 0.29) is 16.6 Å². The molecule has 1 N–H and O–H groups in total. The molecule has 0 bridgehead atoms. The third-order valence-corrected chi connectivity index (χ3v) is 4.51. The van der Waals surface area contributed by atoms with E-state index >= 15 is 0 Å². The van der Waals surface area contributed by atoms with Gasteiger partial charge in [0.1, 0.15) is 23.1 Å². The first-order valence-electron chi connectivity index (χ1n) is 7.40. The van der Waals surface area contributed by atoms with Crippen LogP contribution in [-0.2, 0) is 0 Å². The molecule has 0 aliphatic heterocycles. The Labute approximate surface area is 158 Å². The Morgan fingerprint density at radius 1 is 1.23 bits per heavy atom. The number of amides is 1. The number of anilines is 1. The lowest BCUT2D eigenvalue weighted by molar-refractivity contribution is 0.102. The number of halogens is 1. The molecule has 0 aliphatic rings. The minimum Gasteiger partial charge on any atom is -0.496 e. The monoisotopic (exact) mass is 385 g/mol. The number of carbonyl (C=O) groups excluding carboxylic acids is 1. The highest BCUT2D eigenvalue weighted by Crippen LogP contribution is 2.34. The van der Waals surface area contributed by atoms with E-state index in [0.717, 1.165) is 11.5 Å². The SMILES string of the molecule is COc1ccccc1C(=O)Nc1ccc(Oc2snc(Cl)c2C#N)cc1. The topological polar surface area (TPSA) is 84.2 Å². The van der Waals surface area contributed by atoms with E-state index in [0.29, 0.717) is 27.8 Å². The van der Waals surface area contributed by atoms with Gasteiger partial charge in [-0.1, -0.05) is 23.7 Å². The maximum Gasteiger partial charge on any atom is 0.259 e. The first kappa shape index (κ1) is 17.7. The van der Waals surface area contributed by atoms with Crippen LogP contribution >= 0.6 is 23.1 Å². The quantitative estimate of drug-likeness (QED) is 0.686. The number of nitrogens with zero attached hydrogens (tertiary/aromatic N) is 2. The number of methoxy groups -OCH3 is 1. The zero-order valence-electron chi connectivity index (χ0n) is 13.5. The Morgan fingerprint density at radius 3 is 2.65 bits per heavy atom. The van der Waals surface area contributed by atoms with Crippen molar-refractivity contribution in [3.05, 3.63) is 64.8 Å². The van der Waals surface area contributed by atoms with Crippen LogP contribution in [0.25, 0.3) is 0 Å². The number of ether oxygens (including phenoxy) is 2. The van der Waals surface area contributed by atoms with Crippen molar-refractivity contribution < 1.29 is 14.3 Å². The molecule has 3 rings (SSSR count). The van der Waals surface area contributed by atoms with Gasteiger partial charge < -0.3 is 14.8 Å². The van der Waals surface area contributed by atoms with E-state index in [1.54, 1.807) is 48.5 Å². The van der Waals surface area contributed by atoms with E-state index in [2.05, 4.69) is 9.69 Å². The summed E-state index contributed by atoms with van der Waals surface area (Å²) >= 11 is 6.82. The van der Waals surface area contributed by atoms with Crippen molar-refractivity contribution in [2.75, 3.05) is 12.4 Å². The Balaban J connectivity index is 1.72. The van der Waals surface area contributed by atoms with Gasteiger partial charge in [0.05, 0.1) is 12.7 Å². The molecule has 0 aliphatic carbocycles. The molecule has 0 radical (unpaired) electrons. The second-order valence-electron chi connectivity index (χ2n) is 5.03. The highest BCUT2D eigenvalue weighted by molar-refractivity contribution is 7.08. The van der Waals surface area contributed by atoms with E-state index in [1.807, 2.05) is 6.07 Å². The van der Waals surface area contributed by atoms with Gasteiger partial charge in [0, 0.05) is 17.2 Å². The molecule has 6 nitrogen and oxygen atoms in total. The minimum atomic E-state index is -0.280. The van der Waals surface area contributed by atoms with Crippen LogP contribution in [0.1, 0.15) is 15.9 Å². The standard InChI is InChI=1S/C18H12ClN3O3S/c1-24-15-5-3-2-4-13(15)17(23)21-11-6-8-12(9-7-11)25-18-14(10-20)16(19)22-26-18/h2-9H,1H3,(H,21,23). The number of hydrogen-bond acceptors (Lipinski definition) is 6. The van der Waals surface area contributed by atoms with Crippen molar-refractivity contribution >= 4 is 34.7 Å². The van der Waals surface area contributed by atoms with Gasteiger partial charge in [-0.05, 0) is 36.4 Å². The molecule has 130 valence electrons. The molecule has 0 saturated carbocycles.